The Morgan fingerprint density at radius 1 is 1.44 bits per heavy atom. The number of hydrogen-bond donors (Lipinski definition) is 2. The van der Waals surface area contributed by atoms with Gasteiger partial charge in [0.05, 0.1) is 11.3 Å². The van der Waals surface area contributed by atoms with E-state index < -0.39 is 0 Å². The lowest BCUT2D eigenvalue weighted by atomic mass is 10.2. The molecule has 2 rings (SSSR count). The number of nitrogens with one attached hydrogen (secondary N) is 2. The zero-order valence-electron chi connectivity index (χ0n) is 9.00. The summed E-state index contributed by atoms with van der Waals surface area (Å²) in [6.45, 7) is 0. The summed E-state index contributed by atoms with van der Waals surface area (Å²) in [5, 5.41) is 12.0. The number of rotatable bonds is 2. The van der Waals surface area contributed by atoms with Gasteiger partial charge in [-0.05, 0) is 40.2 Å². The van der Waals surface area contributed by atoms with E-state index in [9.17, 15) is 4.79 Å². The summed E-state index contributed by atoms with van der Waals surface area (Å²) in [6, 6.07) is 8.33. The van der Waals surface area contributed by atoms with Crippen LogP contribution in [-0.4, -0.2) is 10.9 Å². The van der Waals surface area contributed by atoms with Crippen LogP contribution >= 0.6 is 27.5 Å². The fraction of sp³-hybridized carbons (Fsp3) is 0. The van der Waals surface area contributed by atoms with Crippen molar-refractivity contribution in [3.05, 3.63) is 51.2 Å². The Kier molecular flexibility index (Phi) is 3.70. The first kappa shape index (κ1) is 12.7. The standard InChI is InChI=1S/C12H7BrClN3O/c13-8-3-11(16-6-8)12(18)17-10-4-9(14)2-1-7(10)5-15/h1-4,6,16H,(H,17,18). The average molecular weight is 325 g/mol. The van der Waals surface area contributed by atoms with E-state index in [-0.39, 0.29) is 5.91 Å². The molecule has 0 unspecified atom stereocenters. The highest BCUT2D eigenvalue weighted by molar-refractivity contribution is 9.10. The van der Waals surface area contributed by atoms with Crippen LogP contribution < -0.4 is 5.32 Å². The zero-order chi connectivity index (χ0) is 13.1. The molecule has 0 atom stereocenters. The van der Waals surface area contributed by atoms with Crippen molar-refractivity contribution >= 4 is 39.1 Å². The maximum absolute atomic E-state index is 11.9. The summed E-state index contributed by atoms with van der Waals surface area (Å²) in [5.41, 5.74) is 1.14. The Morgan fingerprint density at radius 3 is 2.83 bits per heavy atom. The first-order chi connectivity index (χ1) is 8.60. The molecular formula is C12H7BrClN3O. The number of aromatic nitrogens is 1. The van der Waals surface area contributed by atoms with Crippen molar-refractivity contribution in [2.24, 2.45) is 0 Å². The molecule has 0 aliphatic carbocycles. The first-order valence-electron chi connectivity index (χ1n) is 4.95. The molecule has 0 saturated carbocycles. The maximum atomic E-state index is 11.9. The van der Waals surface area contributed by atoms with Gasteiger partial charge in [-0.15, -0.1) is 0 Å². The maximum Gasteiger partial charge on any atom is 0.272 e. The average Bonchev–Trinajstić information content (AvgIpc) is 2.76. The number of carbonyl (C=O) groups is 1. The molecule has 1 amide bonds. The fourth-order valence-corrected chi connectivity index (χ4v) is 1.92. The van der Waals surface area contributed by atoms with E-state index in [4.69, 9.17) is 16.9 Å². The second-order valence-corrected chi connectivity index (χ2v) is 4.84. The number of H-pyrrole nitrogens is 1. The molecule has 1 aromatic carbocycles. The van der Waals surface area contributed by atoms with Gasteiger partial charge in [-0.3, -0.25) is 4.79 Å². The highest BCUT2D eigenvalue weighted by Gasteiger charge is 2.11. The monoisotopic (exact) mass is 323 g/mol. The highest BCUT2D eigenvalue weighted by Crippen LogP contribution is 2.21. The van der Waals surface area contributed by atoms with Gasteiger partial charge in [-0.25, -0.2) is 0 Å². The molecule has 0 aliphatic heterocycles. The van der Waals surface area contributed by atoms with Gasteiger partial charge in [0.1, 0.15) is 11.8 Å². The van der Waals surface area contributed by atoms with E-state index in [1.165, 1.54) is 6.07 Å². The molecule has 0 spiro atoms. The lowest BCUT2D eigenvalue weighted by Crippen LogP contribution is -2.13. The topological polar surface area (TPSA) is 68.7 Å². The van der Waals surface area contributed by atoms with Crippen LogP contribution in [0.5, 0.6) is 0 Å². The number of hydrogen-bond acceptors (Lipinski definition) is 2. The lowest BCUT2D eigenvalue weighted by Gasteiger charge is -2.06. The van der Waals surface area contributed by atoms with Crippen molar-refractivity contribution in [3.8, 4) is 6.07 Å². The minimum Gasteiger partial charge on any atom is -0.356 e. The quantitative estimate of drug-likeness (QED) is 0.887. The van der Waals surface area contributed by atoms with Crippen molar-refractivity contribution in [3.63, 3.8) is 0 Å². The van der Waals surface area contributed by atoms with E-state index >= 15 is 0 Å². The smallest absolute Gasteiger partial charge is 0.272 e. The van der Waals surface area contributed by atoms with Crippen molar-refractivity contribution in [1.29, 1.82) is 5.26 Å². The van der Waals surface area contributed by atoms with Crippen LogP contribution in [0.15, 0.2) is 34.9 Å². The summed E-state index contributed by atoms with van der Waals surface area (Å²) in [6.07, 6.45) is 1.65. The molecule has 0 saturated heterocycles. The molecule has 18 heavy (non-hydrogen) atoms. The lowest BCUT2D eigenvalue weighted by molar-refractivity contribution is 0.102. The van der Waals surface area contributed by atoms with E-state index in [1.807, 2.05) is 6.07 Å². The van der Waals surface area contributed by atoms with Gasteiger partial charge < -0.3 is 10.3 Å². The molecule has 0 bridgehead atoms. The molecular weight excluding hydrogens is 318 g/mol. The Hall–Kier alpha value is -1.77. The van der Waals surface area contributed by atoms with Crippen LogP contribution in [0.3, 0.4) is 0 Å². The summed E-state index contributed by atoms with van der Waals surface area (Å²) in [7, 11) is 0. The van der Waals surface area contributed by atoms with Crippen LogP contribution in [0, 0.1) is 11.3 Å². The molecule has 0 fully saturated rings. The Balaban J connectivity index is 2.27. The third kappa shape index (κ3) is 2.73. The number of nitrogens with zero attached hydrogens (tertiary/aromatic N) is 1. The molecule has 6 heteroatoms. The van der Waals surface area contributed by atoms with Gasteiger partial charge in [0.15, 0.2) is 0 Å². The van der Waals surface area contributed by atoms with Crippen molar-refractivity contribution in [2.45, 2.75) is 0 Å². The van der Waals surface area contributed by atoms with Crippen LogP contribution in [0.2, 0.25) is 5.02 Å². The van der Waals surface area contributed by atoms with E-state index in [0.29, 0.717) is 22.0 Å². The van der Waals surface area contributed by atoms with Crippen molar-refractivity contribution < 1.29 is 4.79 Å². The number of aromatic amines is 1. The third-order valence-corrected chi connectivity index (χ3v) is 2.94. The number of amides is 1. The minimum absolute atomic E-state index is 0.334. The molecule has 1 aromatic heterocycles. The normalized spacial score (nSPS) is 9.83. The van der Waals surface area contributed by atoms with Gasteiger partial charge in [0.2, 0.25) is 0 Å². The SMILES string of the molecule is N#Cc1ccc(Cl)cc1NC(=O)c1cc(Br)c[nH]1. The van der Waals surface area contributed by atoms with Gasteiger partial charge in [-0.2, -0.15) is 5.26 Å². The molecule has 4 nitrogen and oxygen atoms in total. The summed E-state index contributed by atoms with van der Waals surface area (Å²) in [5.74, 6) is -0.334. The predicted molar refractivity (Wildman–Crippen MR) is 72.6 cm³/mol. The first-order valence-corrected chi connectivity index (χ1v) is 6.12. The van der Waals surface area contributed by atoms with Gasteiger partial charge in [0, 0.05) is 15.7 Å². The fourth-order valence-electron chi connectivity index (χ4n) is 1.41. The number of nitriles is 1. The van der Waals surface area contributed by atoms with Crippen LogP contribution in [0.25, 0.3) is 0 Å². The van der Waals surface area contributed by atoms with E-state index in [0.717, 1.165) is 4.47 Å². The molecule has 1 heterocycles. The van der Waals surface area contributed by atoms with Crippen LogP contribution in [0.4, 0.5) is 5.69 Å². The van der Waals surface area contributed by atoms with Crippen molar-refractivity contribution in [2.75, 3.05) is 5.32 Å². The number of carbonyl (C=O) groups excluding carboxylic acids is 1. The highest BCUT2D eigenvalue weighted by atomic mass is 79.9. The second-order valence-electron chi connectivity index (χ2n) is 3.49. The van der Waals surface area contributed by atoms with Crippen LogP contribution in [-0.2, 0) is 0 Å². The number of anilines is 1. The Bertz CT molecular complexity index is 645. The summed E-state index contributed by atoms with van der Waals surface area (Å²) >= 11 is 9.07. The zero-order valence-corrected chi connectivity index (χ0v) is 11.3. The van der Waals surface area contributed by atoms with Gasteiger partial charge >= 0.3 is 0 Å². The summed E-state index contributed by atoms with van der Waals surface area (Å²) < 4.78 is 0.777. The minimum atomic E-state index is -0.334. The Morgan fingerprint density at radius 2 is 2.22 bits per heavy atom. The largest absolute Gasteiger partial charge is 0.356 e. The van der Waals surface area contributed by atoms with Gasteiger partial charge in [0.25, 0.3) is 5.91 Å². The van der Waals surface area contributed by atoms with E-state index in [2.05, 4.69) is 26.2 Å². The number of halogens is 2. The predicted octanol–water partition coefficient (Wildman–Crippen LogP) is 3.55. The van der Waals surface area contributed by atoms with Gasteiger partial charge in [-0.1, -0.05) is 11.6 Å². The van der Waals surface area contributed by atoms with Crippen LogP contribution in [0.1, 0.15) is 16.1 Å². The molecule has 0 radical (unpaired) electrons. The molecule has 90 valence electrons. The van der Waals surface area contributed by atoms with Crippen molar-refractivity contribution in [1.82, 2.24) is 4.98 Å². The number of benzene rings is 1. The van der Waals surface area contributed by atoms with E-state index in [1.54, 1.807) is 24.4 Å². The molecule has 2 aromatic rings. The molecule has 0 aliphatic rings. The molecule has 2 N–H and O–H groups in total. The summed E-state index contributed by atoms with van der Waals surface area (Å²) in [4.78, 5) is 14.7. The Labute approximate surface area is 117 Å². The third-order valence-electron chi connectivity index (χ3n) is 2.24. The second kappa shape index (κ2) is 5.25.